The molecule has 0 radical (unpaired) electrons. The Morgan fingerprint density at radius 1 is 0.568 bits per heavy atom. The molecule has 0 aliphatic carbocycles. The average Bonchev–Trinajstić information content (AvgIpc) is 3.65. The zero-order chi connectivity index (χ0) is 29.4. The van der Waals surface area contributed by atoms with E-state index in [-0.39, 0.29) is 0 Å². The molecule has 0 fully saturated rings. The highest BCUT2D eigenvalue weighted by Gasteiger charge is 2.39. The van der Waals surface area contributed by atoms with Crippen LogP contribution >= 0.6 is 22.7 Å². The van der Waals surface area contributed by atoms with Crippen LogP contribution in [0.2, 0.25) is 0 Å². The van der Waals surface area contributed by atoms with E-state index in [1.54, 1.807) is 14.2 Å². The molecule has 0 saturated heterocycles. The first kappa shape index (κ1) is 25.6. The van der Waals surface area contributed by atoms with Gasteiger partial charge in [0.1, 0.15) is 17.2 Å². The van der Waals surface area contributed by atoms with Crippen LogP contribution in [-0.4, -0.2) is 14.2 Å². The second-order valence-electron chi connectivity index (χ2n) is 11.1. The van der Waals surface area contributed by atoms with Gasteiger partial charge in [0.15, 0.2) is 5.60 Å². The molecule has 6 aromatic carbocycles. The van der Waals surface area contributed by atoms with Gasteiger partial charge < -0.3 is 14.2 Å². The highest BCUT2D eigenvalue weighted by atomic mass is 32.1. The number of benzene rings is 6. The second kappa shape index (κ2) is 9.58. The van der Waals surface area contributed by atoms with E-state index in [0.717, 1.165) is 33.9 Å². The van der Waals surface area contributed by atoms with E-state index >= 15 is 0 Å². The quantitative estimate of drug-likeness (QED) is 0.187. The molecule has 44 heavy (non-hydrogen) atoms. The fraction of sp³-hybridized carbons (Fsp3) is 0.0769. The summed E-state index contributed by atoms with van der Waals surface area (Å²) in [6, 6.07) is 38.4. The minimum absolute atomic E-state index is 0.810. The van der Waals surface area contributed by atoms with Crippen LogP contribution in [0.5, 0.6) is 17.2 Å². The zero-order valence-corrected chi connectivity index (χ0v) is 25.7. The topological polar surface area (TPSA) is 27.7 Å². The Bertz CT molecular complexity index is 2380. The molecule has 0 unspecified atom stereocenters. The van der Waals surface area contributed by atoms with Gasteiger partial charge in [0.25, 0.3) is 0 Å². The van der Waals surface area contributed by atoms with Gasteiger partial charge >= 0.3 is 0 Å². The number of rotatable bonds is 4. The monoisotopic (exact) mass is 606 g/mol. The van der Waals surface area contributed by atoms with Gasteiger partial charge in [0.05, 0.1) is 28.3 Å². The summed E-state index contributed by atoms with van der Waals surface area (Å²) in [4.78, 5) is 0. The van der Waals surface area contributed by atoms with E-state index in [4.69, 9.17) is 14.2 Å². The number of methoxy groups -OCH3 is 2. The summed E-state index contributed by atoms with van der Waals surface area (Å²) < 4.78 is 23.6. The van der Waals surface area contributed by atoms with Crippen molar-refractivity contribution < 1.29 is 14.2 Å². The van der Waals surface area contributed by atoms with Crippen molar-refractivity contribution in [1.29, 1.82) is 0 Å². The first-order valence-corrected chi connectivity index (χ1v) is 16.2. The smallest absolute Gasteiger partial charge is 0.178 e. The van der Waals surface area contributed by atoms with Crippen molar-refractivity contribution in [2.24, 2.45) is 0 Å². The van der Waals surface area contributed by atoms with E-state index in [0.29, 0.717) is 0 Å². The molecule has 0 atom stereocenters. The molecule has 0 N–H and O–H groups in total. The summed E-state index contributed by atoms with van der Waals surface area (Å²) in [5.74, 6) is 2.54. The Hall–Kier alpha value is -4.84. The average molecular weight is 607 g/mol. The third-order valence-corrected chi connectivity index (χ3v) is 11.5. The SMILES string of the molecule is COc1ccc(C2(c3ccc(OC)cc3)C=Cc3c(c4sc5c6ccccc6sc5c4c4c3ccc3ccccc34)O2)cc1. The van der Waals surface area contributed by atoms with Crippen molar-refractivity contribution in [2.75, 3.05) is 14.2 Å². The van der Waals surface area contributed by atoms with Crippen molar-refractivity contribution in [3.05, 3.63) is 132 Å². The van der Waals surface area contributed by atoms with Crippen LogP contribution in [-0.2, 0) is 5.60 Å². The lowest BCUT2D eigenvalue weighted by molar-refractivity contribution is 0.164. The van der Waals surface area contributed by atoms with Gasteiger partial charge in [-0.2, -0.15) is 0 Å². The third-order valence-electron chi connectivity index (χ3n) is 8.91. The van der Waals surface area contributed by atoms with E-state index in [1.807, 2.05) is 46.9 Å². The summed E-state index contributed by atoms with van der Waals surface area (Å²) in [7, 11) is 3.39. The molecule has 3 nitrogen and oxygen atoms in total. The molecular formula is C39H26O3S2. The van der Waals surface area contributed by atoms with E-state index in [1.165, 1.54) is 51.1 Å². The Kier molecular flexibility index (Phi) is 5.58. The van der Waals surface area contributed by atoms with Crippen LogP contribution in [0.15, 0.2) is 115 Å². The molecule has 3 heterocycles. The van der Waals surface area contributed by atoms with E-state index in [9.17, 15) is 0 Å². The fourth-order valence-corrected chi connectivity index (χ4v) is 9.53. The van der Waals surface area contributed by atoms with Crippen LogP contribution in [0.25, 0.3) is 57.2 Å². The standard InChI is InChI=1S/C39H26O3S2/c1-40-26-16-12-24(13-17-26)39(25-14-18-27(41-2)19-15-25)22-21-30-29-20-11-23-7-3-4-8-28(23)33(29)34-37(35(30)42-39)44-36-31-9-5-6-10-32(31)43-38(34)36/h3-22H,1-2H3. The fourth-order valence-electron chi connectivity index (χ4n) is 6.76. The van der Waals surface area contributed by atoms with Crippen molar-refractivity contribution in [3.63, 3.8) is 0 Å². The molecule has 0 bridgehead atoms. The summed E-state index contributed by atoms with van der Waals surface area (Å²) >= 11 is 3.73. The summed E-state index contributed by atoms with van der Waals surface area (Å²) in [6.45, 7) is 0. The van der Waals surface area contributed by atoms with Gasteiger partial charge in [-0.15, -0.1) is 22.7 Å². The van der Waals surface area contributed by atoms with E-state index < -0.39 is 5.60 Å². The molecule has 2 aromatic heterocycles. The minimum atomic E-state index is -0.845. The molecule has 9 rings (SSSR count). The maximum atomic E-state index is 7.43. The number of fused-ring (bicyclic) bond motifs is 12. The highest BCUT2D eigenvalue weighted by Crippen LogP contribution is 2.55. The van der Waals surface area contributed by atoms with Gasteiger partial charge in [0.2, 0.25) is 0 Å². The molecule has 212 valence electrons. The Labute approximate surface area is 262 Å². The van der Waals surface area contributed by atoms with Gasteiger partial charge in [0, 0.05) is 37.5 Å². The van der Waals surface area contributed by atoms with Crippen molar-refractivity contribution in [3.8, 4) is 17.2 Å². The molecular weight excluding hydrogens is 581 g/mol. The lowest BCUT2D eigenvalue weighted by atomic mass is 9.82. The molecule has 8 aromatic rings. The molecule has 0 saturated carbocycles. The van der Waals surface area contributed by atoms with Crippen molar-refractivity contribution in [1.82, 2.24) is 0 Å². The van der Waals surface area contributed by atoms with Crippen LogP contribution in [0, 0.1) is 0 Å². The van der Waals surface area contributed by atoms with Crippen LogP contribution in [0.1, 0.15) is 16.7 Å². The largest absolute Gasteiger partial charge is 0.497 e. The predicted molar refractivity (Wildman–Crippen MR) is 186 cm³/mol. The number of hydrogen-bond donors (Lipinski definition) is 0. The van der Waals surface area contributed by atoms with Crippen molar-refractivity contribution >= 4 is 79.9 Å². The number of thiophene rings is 2. The first-order chi connectivity index (χ1) is 21.7. The van der Waals surface area contributed by atoms with Gasteiger partial charge in [-0.05, 0) is 58.6 Å². The Morgan fingerprint density at radius 2 is 1.23 bits per heavy atom. The molecule has 0 amide bonds. The maximum Gasteiger partial charge on any atom is 0.178 e. The zero-order valence-electron chi connectivity index (χ0n) is 24.1. The molecule has 5 heteroatoms. The van der Waals surface area contributed by atoms with Gasteiger partial charge in [-0.25, -0.2) is 0 Å². The lowest BCUT2D eigenvalue weighted by Crippen LogP contribution is -2.34. The number of ether oxygens (including phenoxy) is 3. The molecule has 1 aliphatic heterocycles. The third kappa shape index (κ3) is 3.54. The first-order valence-electron chi connectivity index (χ1n) is 14.6. The van der Waals surface area contributed by atoms with Gasteiger partial charge in [-0.3, -0.25) is 0 Å². The van der Waals surface area contributed by atoms with Crippen LogP contribution in [0.3, 0.4) is 0 Å². The molecule has 1 aliphatic rings. The summed E-state index contributed by atoms with van der Waals surface area (Å²) in [6.07, 6.45) is 4.49. The number of hydrogen-bond acceptors (Lipinski definition) is 5. The maximum absolute atomic E-state index is 7.43. The summed E-state index contributed by atoms with van der Waals surface area (Å²) in [5.41, 5.74) is 2.33. The Morgan fingerprint density at radius 3 is 1.93 bits per heavy atom. The highest BCUT2D eigenvalue weighted by molar-refractivity contribution is 7.37. The van der Waals surface area contributed by atoms with Crippen molar-refractivity contribution in [2.45, 2.75) is 5.60 Å². The van der Waals surface area contributed by atoms with Crippen LogP contribution < -0.4 is 14.2 Å². The molecule has 0 spiro atoms. The predicted octanol–water partition coefficient (Wildman–Crippen LogP) is 10.9. The summed E-state index contributed by atoms with van der Waals surface area (Å²) in [5, 5.41) is 7.60. The lowest BCUT2D eigenvalue weighted by Gasteiger charge is -2.37. The van der Waals surface area contributed by atoms with Gasteiger partial charge in [-0.1, -0.05) is 78.9 Å². The normalized spacial score (nSPS) is 14.0. The second-order valence-corrected chi connectivity index (χ2v) is 13.2. The van der Waals surface area contributed by atoms with Crippen LogP contribution in [0.4, 0.5) is 0 Å². The Balaban J connectivity index is 1.40. The van der Waals surface area contributed by atoms with E-state index in [2.05, 4.69) is 97.1 Å². The minimum Gasteiger partial charge on any atom is -0.497 e.